The maximum atomic E-state index is 14.2. The van der Waals surface area contributed by atoms with Crippen molar-refractivity contribution in [2.24, 2.45) is 0 Å². The van der Waals surface area contributed by atoms with Crippen LogP contribution in [0, 0.1) is 0 Å². The van der Waals surface area contributed by atoms with Crippen LogP contribution in [-0.4, -0.2) is 70.1 Å². The van der Waals surface area contributed by atoms with Crippen LogP contribution in [0.5, 0.6) is 5.75 Å². The molecule has 1 amide bonds. The lowest BCUT2D eigenvalue weighted by Crippen LogP contribution is -2.53. The Balaban J connectivity index is 1.23. The number of likely N-dealkylation sites (tertiary alicyclic amines) is 1. The number of nitrogens with one attached hydrogen (secondary N) is 1. The van der Waals surface area contributed by atoms with Gasteiger partial charge in [0.15, 0.2) is 0 Å². The molecule has 2 saturated heterocycles. The lowest BCUT2D eigenvalue weighted by atomic mass is 9.99. The average molecular weight is 577 g/mol. The van der Waals surface area contributed by atoms with Crippen LogP contribution in [0.15, 0.2) is 65.6 Å². The summed E-state index contributed by atoms with van der Waals surface area (Å²) in [5.74, 6) is -0.107. The van der Waals surface area contributed by atoms with Crippen LogP contribution in [0.3, 0.4) is 0 Å². The summed E-state index contributed by atoms with van der Waals surface area (Å²) in [6.07, 6.45) is 8.20. The number of hydrogen-bond acceptors (Lipinski definition) is 6. The molecule has 41 heavy (non-hydrogen) atoms. The van der Waals surface area contributed by atoms with E-state index in [0.717, 1.165) is 43.3 Å². The van der Waals surface area contributed by atoms with E-state index in [0.29, 0.717) is 22.9 Å². The van der Waals surface area contributed by atoms with Gasteiger partial charge in [-0.1, -0.05) is 55.3 Å². The molecule has 3 heterocycles. The number of para-hydroxylation sites is 1. The summed E-state index contributed by atoms with van der Waals surface area (Å²) in [5, 5.41) is 3.47. The summed E-state index contributed by atoms with van der Waals surface area (Å²) in [6.45, 7) is 4.30. The van der Waals surface area contributed by atoms with Crippen molar-refractivity contribution < 1.29 is 17.9 Å². The van der Waals surface area contributed by atoms with Gasteiger partial charge in [0.25, 0.3) is 10.0 Å². The first-order valence-corrected chi connectivity index (χ1v) is 16.4. The Kier molecular flexibility index (Phi) is 8.19. The average Bonchev–Trinajstić information content (AvgIpc) is 3.41. The SMILES string of the molecule is COc1ccc(S(=O)(=O)N2CC(C(=O)NN3CCCCC3CCN3CCCCC3)c3ccccc32)c2ccccc12. The minimum Gasteiger partial charge on any atom is -0.496 e. The zero-order chi connectivity index (χ0) is 28.4. The second-order valence-corrected chi connectivity index (χ2v) is 13.3. The molecule has 218 valence electrons. The summed E-state index contributed by atoms with van der Waals surface area (Å²) >= 11 is 0. The number of methoxy groups -OCH3 is 1. The summed E-state index contributed by atoms with van der Waals surface area (Å²) in [6, 6.07) is 18.3. The molecule has 2 unspecified atom stereocenters. The Bertz CT molecular complexity index is 1500. The van der Waals surface area contributed by atoms with Gasteiger partial charge in [-0.2, -0.15) is 0 Å². The standard InChI is InChI=1S/C32H40N4O4S/c1-40-30-16-17-31(27-14-4-3-13-26(27)30)41(38,39)36-23-28(25-12-5-6-15-29(25)36)32(37)33-35-21-10-7-11-24(35)18-22-34-19-8-2-9-20-34/h3-6,12-17,24,28H,2,7-11,18-23H2,1H3,(H,33,37). The number of fused-ring (bicyclic) bond motifs is 2. The second kappa shape index (κ2) is 12.0. The van der Waals surface area contributed by atoms with Crippen LogP contribution in [0.25, 0.3) is 10.8 Å². The number of hydrazine groups is 1. The monoisotopic (exact) mass is 576 g/mol. The van der Waals surface area contributed by atoms with Gasteiger partial charge in [0.2, 0.25) is 5.91 Å². The quantitative estimate of drug-likeness (QED) is 0.411. The molecule has 1 N–H and O–H groups in total. The Labute approximate surface area is 243 Å². The van der Waals surface area contributed by atoms with Gasteiger partial charge in [-0.3, -0.25) is 14.5 Å². The molecule has 0 saturated carbocycles. The van der Waals surface area contributed by atoms with E-state index < -0.39 is 15.9 Å². The molecule has 0 aromatic heterocycles. The Hall–Kier alpha value is -3.14. The molecule has 8 nitrogen and oxygen atoms in total. The number of rotatable bonds is 8. The summed E-state index contributed by atoms with van der Waals surface area (Å²) in [4.78, 5) is 16.6. The first-order valence-electron chi connectivity index (χ1n) is 14.9. The van der Waals surface area contributed by atoms with E-state index >= 15 is 0 Å². The van der Waals surface area contributed by atoms with E-state index in [1.807, 2.05) is 36.4 Å². The number of carbonyl (C=O) groups is 1. The normalized spacial score (nSPS) is 22.0. The molecule has 3 aliphatic rings. The lowest BCUT2D eigenvalue weighted by Gasteiger charge is -2.38. The number of piperidine rings is 2. The number of ether oxygens (including phenoxy) is 1. The molecule has 0 spiro atoms. The molecule has 3 aromatic carbocycles. The molecule has 0 aliphatic carbocycles. The summed E-state index contributed by atoms with van der Waals surface area (Å²) in [5.41, 5.74) is 4.54. The van der Waals surface area contributed by atoms with Crippen LogP contribution in [-0.2, 0) is 14.8 Å². The first kappa shape index (κ1) is 28.0. The third kappa shape index (κ3) is 5.55. The van der Waals surface area contributed by atoms with Crippen LogP contribution in [0.4, 0.5) is 5.69 Å². The highest BCUT2D eigenvalue weighted by Crippen LogP contribution is 2.42. The molecule has 3 aromatic rings. The fraction of sp³-hybridized carbons (Fsp3) is 0.469. The van der Waals surface area contributed by atoms with E-state index in [1.165, 1.54) is 43.1 Å². The number of hydrogen-bond donors (Lipinski definition) is 1. The van der Waals surface area contributed by atoms with Gasteiger partial charge in [0, 0.05) is 23.4 Å². The first-order chi connectivity index (χ1) is 20.0. The Morgan fingerprint density at radius 2 is 1.63 bits per heavy atom. The molecular formula is C32H40N4O4S. The van der Waals surface area contributed by atoms with E-state index in [1.54, 1.807) is 31.4 Å². The van der Waals surface area contributed by atoms with Crippen molar-refractivity contribution >= 4 is 32.4 Å². The molecule has 0 bridgehead atoms. The van der Waals surface area contributed by atoms with Gasteiger partial charge in [-0.25, -0.2) is 13.4 Å². The predicted molar refractivity (Wildman–Crippen MR) is 162 cm³/mol. The van der Waals surface area contributed by atoms with Crippen molar-refractivity contribution in [1.29, 1.82) is 0 Å². The third-order valence-electron chi connectivity index (χ3n) is 8.99. The van der Waals surface area contributed by atoms with Gasteiger partial charge in [0.1, 0.15) is 5.75 Å². The van der Waals surface area contributed by atoms with Gasteiger partial charge < -0.3 is 9.64 Å². The summed E-state index contributed by atoms with van der Waals surface area (Å²) < 4.78 is 35.3. The van der Waals surface area contributed by atoms with Gasteiger partial charge in [0.05, 0.1) is 30.2 Å². The van der Waals surface area contributed by atoms with Gasteiger partial charge in [-0.05, 0) is 75.5 Å². The minimum absolute atomic E-state index is 0.0696. The predicted octanol–water partition coefficient (Wildman–Crippen LogP) is 4.90. The fourth-order valence-electron chi connectivity index (χ4n) is 6.77. The van der Waals surface area contributed by atoms with Gasteiger partial charge in [-0.15, -0.1) is 0 Å². The fourth-order valence-corrected chi connectivity index (χ4v) is 8.47. The van der Waals surface area contributed by atoms with Crippen LogP contribution < -0.4 is 14.5 Å². The number of benzene rings is 3. The maximum absolute atomic E-state index is 14.2. The highest BCUT2D eigenvalue weighted by Gasteiger charge is 2.41. The van der Waals surface area contributed by atoms with E-state index in [4.69, 9.17) is 4.74 Å². The molecule has 2 fully saturated rings. The van der Waals surface area contributed by atoms with E-state index in [9.17, 15) is 13.2 Å². The number of sulfonamides is 1. The molecule has 9 heteroatoms. The van der Waals surface area contributed by atoms with Crippen molar-refractivity contribution in [3.05, 3.63) is 66.2 Å². The minimum atomic E-state index is -3.96. The highest BCUT2D eigenvalue weighted by atomic mass is 32.2. The smallest absolute Gasteiger partial charge is 0.264 e. The highest BCUT2D eigenvalue weighted by molar-refractivity contribution is 7.93. The zero-order valence-corrected chi connectivity index (χ0v) is 24.6. The van der Waals surface area contributed by atoms with Crippen molar-refractivity contribution in [2.75, 3.05) is 44.1 Å². The topological polar surface area (TPSA) is 82.2 Å². The van der Waals surface area contributed by atoms with Gasteiger partial charge >= 0.3 is 0 Å². The molecule has 0 radical (unpaired) electrons. The number of carbonyl (C=O) groups excluding carboxylic acids is 1. The second-order valence-electron chi connectivity index (χ2n) is 11.5. The largest absolute Gasteiger partial charge is 0.496 e. The number of nitrogens with zero attached hydrogens (tertiary/aromatic N) is 3. The molecule has 2 atom stereocenters. The van der Waals surface area contributed by atoms with Crippen molar-refractivity contribution in [1.82, 2.24) is 15.3 Å². The Morgan fingerprint density at radius 3 is 2.44 bits per heavy atom. The summed E-state index contributed by atoms with van der Waals surface area (Å²) in [7, 11) is -2.38. The van der Waals surface area contributed by atoms with Crippen LogP contribution in [0.1, 0.15) is 56.4 Å². The third-order valence-corrected chi connectivity index (χ3v) is 10.8. The lowest BCUT2D eigenvalue weighted by molar-refractivity contribution is -0.129. The van der Waals surface area contributed by atoms with Crippen LogP contribution >= 0.6 is 0 Å². The molecular weight excluding hydrogens is 536 g/mol. The van der Waals surface area contributed by atoms with E-state index in [2.05, 4.69) is 15.3 Å². The zero-order valence-electron chi connectivity index (χ0n) is 23.8. The van der Waals surface area contributed by atoms with E-state index in [-0.39, 0.29) is 17.3 Å². The molecule has 6 rings (SSSR count). The van der Waals surface area contributed by atoms with Crippen LogP contribution in [0.2, 0.25) is 0 Å². The van der Waals surface area contributed by atoms with Crippen molar-refractivity contribution in [3.8, 4) is 5.75 Å². The number of anilines is 1. The van der Waals surface area contributed by atoms with Crippen molar-refractivity contribution in [3.63, 3.8) is 0 Å². The maximum Gasteiger partial charge on any atom is 0.264 e. The Morgan fingerprint density at radius 1 is 0.902 bits per heavy atom. The van der Waals surface area contributed by atoms with Crippen molar-refractivity contribution in [2.45, 2.75) is 61.8 Å². The molecule has 3 aliphatic heterocycles. The number of amides is 1.